The first kappa shape index (κ1) is 28.9. The molecule has 3 heterocycles. The van der Waals surface area contributed by atoms with Gasteiger partial charge in [0.15, 0.2) is 0 Å². The minimum absolute atomic E-state index is 0.279. The molecule has 3 aromatic carbocycles. The van der Waals surface area contributed by atoms with Crippen LogP contribution in [-0.4, -0.2) is 28.3 Å². The summed E-state index contributed by atoms with van der Waals surface area (Å²) in [6.45, 7) is 8.67. The van der Waals surface area contributed by atoms with Crippen LogP contribution in [0.2, 0.25) is 0 Å². The zero-order chi connectivity index (χ0) is 30.1. The van der Waals surface area contributed by atoms with Crippen LogP contribution < -0.4 is 0 Å². The second-order valence-corrected chi connectivity index (χ2v) is 12.4. The standard InChI is InChI=1S/C34H34F2N6S/c1-21(2)5-7-23-9-11-25(27(35)19-23)29-15-17-41(37-29)31-13-14-32(34-33(31)39-43-40-34)42-18-16-30(38-42)26-12-10-24(20-28(26)36)8-6-22(3)4/h9-22H,5-8H2,1-4H3. The van der Waals surface area contributed by atoms with Crippen molar-refractivity contribution in [3.63, 3.8) is 0 Å². The summed E-state index contributed by atoms with van der Waals surface area (Å²) in [5.41, 5.74) is 6.74. The van der Waals surface area contributed by atoms with Crippen molar-refractivity contribution in [2.75, 3.05) is 0 Å². The number of aromatic nitrogens is 6. The summed E-state index contributed by atoms with van der Waals surface area (Å²) < 4.78 is 42.6. The third kappa shape index (κ3) is 6.13. The maximum Gasteiger partial charge on any atom is 0.132 e. The molecule has 0 aliphatic rings. The summed E-state index contributed by atoms with van der Waals surface area (Å²) >= 11 is 1.10. The van der Waals surface area contributed by atoms with E-state index in [0.717, 1.165) is 59.9 Å². The Hall–Kier alpha value is -4.24. The molecule has 3 aromatic heterocycles. The fourth-order valence-corrected chi connectivity index (χ4v) is 5.73. The zero-order valence-electron chi connectivity index (χ0n) is 24.8. The van der Waals surface area contributed by atoms with Crippen LogP contribution >= 0.6 is 11.7 Å². The number of aryl methyl sites for hydroxylation is 2. The topological polar surface area (TPSA) is 61.4 Å². The first-order valence-electron chi connectivity index (χ1n) is 14.7. The highest BCUT2D eigenvalue weighted by molar-refractivity contribution is 7.00. The Morgan fingerprint density at radius 1 is 0.628 bits per heavy atom. The molecule has 0 N–H and O–H groups in total. The molecule has 6 nitrogen and oxygen atoms in total. The van der Waals surface area contributed by atoms with E-state index in [-0.39, 0.29) is 11.6 Å². The maximum absolute atomic E-state index is 15.0. The molecule has 0 radical (unpaired) electrons. The number of hydrogen-bond acceptors (Lipinski definition) is 5. The Bertz CT molecular complexity index is 1750. The molecule has 9 heteroatoms. The number of hydrogen-bond donors (Lipinski definition) is 0. The minimum Gasteiger partial charge on any atom is -0.238 e. The van der Waals surface area contributed by atoms with Gasteiger partial charge in [-0.15, -0.1) is 0 Å². The second kappa shape index (κ2) is 12.2. The highest BCUT2D eigenvalue weighted by Crippen LogP contribution is 2.30. The Kier molecular flexibility index (Phi) is 8.17. The summed E-state index contributed by atoms with van der Waals surface area (Å²) in [6, 6.07) is 18.2. The van der Waals surface area contributed by atoms with Gasteiger partial charge in [0, 0.05) is 23.5 Å². The van der Waals surface area contributed by atoms with E-state index in [9.17, 15) is 0 Å². The molecule has 6 aromatic rings. The number of benzene rings is 3. The molecule has 0 aliphatic heterocycles. The van der Waals surface area contributed by atoms with Crippen LogP contribution in [0, 0.1) is 23.5 Å². The molecule has 0 saturated heterocycles. The average molecular weight is 597 g/mol. The highest BCUT2D eigenvalue weighted by atomic mass is 32.1. The van der Waals surface area contributed by atoms with Gasteiger partial charge in [-0.1, -0.05) is 39.8 Å². The van der Waals surface area contributed by atoms with E-state index >= 15 is 8.78 Å². The minimum atomic E-state index is -0.279. The average Bonchev–Trinajstić information content (AvgIpc) is 3.76. The highest BCUT2D eigenvalue weighted by Gasteiger charge is 2.18. The molecule has 0 spiro atoms. The van der Waals surface area contributed by atoms with Gasteiger partial charge in [-0.3, -0.25) is 0 Å². The van der Waals surface area contributed by atoms with Crippen molar-refractivity contribution in [2.24, 2.45) is 11.8 Å². The summed E-state index contributed by atoms with van der Waals surface area (Å²) in [6.07, 6.45) is 7.33. The Balaban J connectivity index is 1.26. The number of fused-ring (bicyclic) bond motifs is 1. The van der Waals surface area contributed by atoms with E-state index in [4.69, 9.17) is 0 Å². The monoisotopic (exact) mass is 596 g/mol. The number of rotatable bonds is 10. The van der Waals surface area contributed by atoms with Crippen molar-refractivity contribution < 1.29 is 8.78 Å². The lowest BCUT2D eigenvalue weighted by molar-refractivity contribution is 0.582. The normalized spacial score (nSPS) is 11.8. The van der Waals surface area contributed by atoms with Crippen molar-refractivity contribution >= 4 is 22.8 Å². The van der Waals surface area contributed by atoms with Crippen LogP contribution in [0.4, 0.5) is 8.78 Å². The molecule has 0 aliphatic carbocycles. The van der Waals surface area contributed by atoms with Crippen molar-refractivity contribution in [3.8, 4) is 33.9 Å². The molecule has 220 valence electrons. The van der Waals surface area contributed by atoms with Crippen molar-refractivity contribution in [3.05, 3.63) is 95.8 Å². The SMILES string of the molecule is CC(C)CCc1ccc(-c2ccn(-c3ccc(-n4ccc(-c5ccc(CCC(C)C)cc5F)n4)c4nsnc34)n2)c(F)c1. The van der Waals surface area contributed by atoms with Crippen LogP contribution in [0.1, 0.15) is 51.7 Å². The van der Waals surface area contributed by atoms with Crippen molar-refractivity contribution in [1.82, 2.24) is 28.3 Å². The lowest BCUT2D eigenvalue weighted by Gasteiger charge is -2.08. The molecular weight excluding hydrogens is 562 g/mol. The molecule has 0 amide bonds. The van der Waals surface area contributed by atoms with Gasteiger partial charge in [0.05, 0.1) is 34.5 Å². The van der Waals surface area contributed by atoms with Crippen molar-refractivity contribution in [1.29, 1.82) is 0 Å². The third-order valence-electron chi connectivity index (χ3n) is 7.68. The predicted molar refractivity (Wildman–Crippen MR) is 169 cm³/mol. The summed E-state index contributed by atoms with van der Waals surface area (Å²) in [5.74, 6) is 0.575. The summed E-state index contributed by atoms with van der Waals surface area (Å²) in [7, 11) is 0. The molecule has 43 heavy (non-hydrogen) atoms. The molecule has 0 fully saturated rings. The fourth-order valence-electron chi connectivity index (χ4n) is 5.17. The quantitative estimate of drug-likeness (QED) is 0.159. The van der Waals surface area contributed by atoms with Crippen LogP contribution in [0.25, 0.3) is 44.9 Å². The van der Waals surface area contributed by atoms with Crippen LogP contribution in [-0.2, 0) is 12.8 Å². The summed E-state index contributed by atoms with van der Waals surface area (Å²) in [5, 5.41) is 9.36. The molecule has 6 rings (SSSR count). The first-order valence-corrected chi connectivity index (χ1v) is 15.4. The van der Waals surface area contributed by atoms with Crippen LogP contribution in [0.5, 0.6) is 0 Å². The van der Waals surface area contributed by atoms with E-state index in [1.54, 1.807) is 58.2 Å². The predicted octanol–water partition coefficient (Wildman–Crippen LogP) is 8.85. The molecule has 0 atom stereocenters. The Morgan fingerprint density at radius 3 is 1.47 bits per heavy atom. The van der Waals surface area contributed by atoms with Crippen LogP contribution in [0.3, 0.4) is 0 Å². The van der Waals surface area contributed by atoms with E-state index in [1.165, 1.54) is 0 Å². The van der Waals surface area contributed by atoms with Gasteiger partial charge in [-0.25, -0.2) is 18.1 Å². The Morgan fingerprint density at radius 2 is 1.07 bits per heavy atom. The first-order chi connectivity index (χ1) is 20.8. The van der Waals surface area contributed by atoms with E-state index in [1.807, 2.05) is 24.3 Å². The molecular formula is C34H34F2N6S. The molecule has 0 unspecified atom stereocenters. The van der Waals surface area contributed by atoms with Gasteiger partial charge in [-0.2, -0.15) is 18.9 Å². The largest absolute Gasteiger partial charge is 0.238 e. The van der Waals surface area contributed by atoms with Crippen LogP contribution in [0.15, 0.2) is 73.1 Å². The van der Waals surface area contributed by atoms with Gasteiger partial charge in [0.25, 0.3) is 0 Å². The Labute approximate surface area is 254 Å². The van der Waals surface area contributed by atoms with Gasteiger partial charge in [0.1, 0.15) is 22.7 Å². The second-order valence-electron chi connectivity index (χ2n) is 11.8. The molecule has 0 bridgehead atoms. The maximum atomic E-state index is 15.0. The smallest absolute Gasteiger partial charge is 0.132 e. The lowest BCUT2D eigenvalue weighted by atomic mass is 10.0. The lowest BCUT2D eigenvalue weighted by Crippen LogP contribution is -2.01. The van der Waals surface area contributed by atoms with Gasteiger partial charge in [-0.05, 0) is 97.2 Å². The van der Waals surface area contributed by atoms with Gasteiger partial charge < -0.3 is 0 Å². The van der Waals surface area contributed by atoms with Crippen molar-refractivity contribution in [2.45, 2.75) is 53.4 Å². The molecule has 0 saturated carbocycles. The third-order valence-corrected chi connectivity index (χ3v) is 8.21. The number of nitrogens with zero attached hydrogens (tertiary/aromatic N) is 6. The van der Waals surface area contributed by atoms with Gasteiger partial charge >= 0.3 is 0 Å². The fraction of sp³-hybridized carbons (Fsp3) is 0.294. The summed E-state index contributed by atoms with van der Waals surface area (Å²) in [4.78, 5) is 0. The van der Waals surface area contributed by atoms with E-state index < -0.39 is 0 Å². The number of halogens is 2. The van der Waals surface area contributed by atoms with E-state index in [2.05, 4.69) is 46.6 Å². The van der Waals surface area contributed by atoms with E-state index in [0.29, 0.717) is 45.4 Å². The van der Waals surface area contributed by atoms with Gasteiger partial charge in [0.2, 0.25) is 0 Å². The zero-order valence-corrected chi connectivity index (χ0v) is 25.6.